The third-order valence-corrected chi connectivity index (χ3v) is 3.02. The molecule has 0 unspecified atom stereocenters. The summed E-state index contributed by atoms with van der Waals surface area (Å²) in [5.74, 6) is -1.71. The van der Waals surface area contributed by atoms with Crippen molar-refractivity contribution in [2.75, 3.05) is 0 Å². The molecule has 0 heterocycles. The first kappa shape index (κ1) is 20.9. The lowest BCUT2D eigenvalue weighted by Crippen LogP contribution is -2.26. The second kappa shape index (κ2) is 8.55. The van der Waals surface area contributed by atoms with Gasteiger partial charge in [-0.05, 0) is 36.5 Å². The minimum Gasteiger partial charge on any atom is -0.403 e. The van der Waals surface area contributed by atoms with Crippen LogP contribution < -0.4 is 10.5 Å². The van der Waals surface area contributed by atoms with Gasteiger partial charge in [0.05, 0.1) is 12.1 Å². The molecule has 22 heavy (non-hydrogen) atoms. The molecule has 0 spiro atoms. The summed E-state index contributed by atoms with van der Waals surface area (Å²) in [5.41, 5.74) is 6.01. The molecule has 0 aliphatic carbocycles. The molecule has 0 aliphatic heterocycles. The zero-order valence-electron chi connectivity index (χ0n) is 12.2. The molecule has 0 bridgehead atoms. The van der Waals surface area contributed by atoms with Crippen molar-refractivity contribution >= 4 is 12.4 Å². The third-order valence-electron chi connectivity index (χ3n) is 3.02. The average molecular weight is 346 g/mol. The van der Waals surface area contributed by atoms with Crippen LogP contribution in [0.5, 0.6) is 5.75 Å². The van der Waals surface area contributed by atoms with Crippen LogP contribution in [-0.4, -0.2) is 17.6 Å². The van der Waals surface area contributed by atoms with E-state index in [2.05, 4.69) is 4.74 Å². The molecule has 1 rings (SSSR count). The van der Waals surface area contributed by atoms with E-state index in [1.54, 1.807) is 0 Å². The van der Waals surface area contributed by atoms with Gasteiger partial charge in [-0.1, -0.05) is 19.9 Å². The van der Waals surface area contributed by atoms with Gasteiger partial charge in [0.25, 0.3) is 0 Å². The number of hydrogen-bond acceptors (Lipinski definition) is 3. The van der Waals surface area contributed by atoms with Gasteiger partial charge in [-0.25, -0.2) is 4.39 Å². The van der Waals surface area contributed by atoms with Crippen LogP contribution in [0.25, 0.3) is 0 Å². The first-order valence-corrected chi connectivity index (χ1v) is 6.59. The Morgan fingerprint density at radius 3 is 2.27 bits per heavy atom. The maximum atomic E-state index is 13.6. The van der Waals surface area contributed by atoms with Crippen LogP contribution in [0.3, 0.4) is 0 Å². The van der Waals surface area contributed by atoms with Gasteiger partial charge in [0.2, 0.25) is 0 Å². The first-order chi connectivity index (χ1) is 9.60. The lowest BCUT2D eigenvalue weighted by atomic mass is 9.96. The van der Waals surface area contributed by atoms with Gasteiger partial charge in [0.1, 0.15) is 0 Å². The molecule has 0 aromatic heterocycles. The molecule has 0 amide bonds. The molecule has 2 atom stereocenters. The monoisotopic (exact) mass is 345 g/mol. The van der Waals surface area contributed by atoms with Crippen LogP contribution in [0.1, 0.15) is 38.3 Å². The first-order valence-electron chi connectivity index (χ1n) is 6.59. The molecule has 3 N–H and O–H groups in total. The number of alkyl halides is 3. The van der Waals surface area contributed by atoms with Crippen molar-refractivity contribution in [3.05, 3.63) is 29.6 Å². The third kappa shape index (κ3) is 6.81. The van der Waals surface area contributed by atoms with E-state index in [1.807, 2.05) is 13.8 Å². The SMILES string of the molecule is CC(C)CC[C@@H](O)[C@@H](N)c1ccc(OC(F)(F)F)c(F)c1.Cl. The Morgan fingerprint density at radius 1 is 1.23 bits per heavy atom. The number of aliphatic hydroxyl groups excluding tert-OH is 1. The molecule has 128 valence electrons. The van der Waals surface area contributed by atoms with Crippen molar-refractivity contribution in [3.63, 3.8) is 0 Å². The predicted octanol–water partition coefficient (Wildman–Crippen LogP) is 3.94. The summed E-state index contributed by atoms with van der Waals surface area (Å²) in [4.78, 5) is 0. The van der Waals surface area contributed by atoms with Crippen molar-refractivity contribution in [2.24, 2.45) is 11.7 Å². The molecule has 0 saturated carbocycles. The highest BCUT2D eigenvalue weighted by molar-refractivity contribution is 5.85. The second-order valence-corrected chi connectivity index (χ2v) is 5.30. The molecule has 0 fully saturated rings. The molecule has 1 aromatic carbocycles. The average Bonchev–Trinajstić information content (AvgIpc) is 2.36. The molecule has 0 radical (unpaired) electrons. The van der Waals surface area contributed by atoms with Crippen LogP contribution >= 0.6 is 12.4 Å². The molecule has 3 nitrogen and oxygen atoms in total. The number of hydrogen-bond donors (Lipinski definition) is 2. The van der Waals surface area contributed by atoms with Gasteiger partial charge >= 0.3 is 6.36 Å². The largest absolute Gasteiger partial charge is 0.573 e. The standard InChI is InChI=1S/C14H19F4NO2.ClH/c1-8(2)3-5-11(20)13(19)9-4-6-12(10(15)7-9)21-14(16,17)18;/h4,6-8,11,13,20H,3,5,19H2,1-2H3;1H/t11-,13+;/m1./s1. The highest BCUT2D eigenvalue weighted by Gasteiger charge is 2.32. The second-order valence-electron chi connectivity index (χ2n) is 5.30. The summed E-state index contributed by atoms with van der Waals surface area (Å²) >= 11 is 0. The van der Waals surface area contributed by atoms with Crippen LogP contribution in [0.15, 0.2) is 18.2 Å². The Kier molecular flexibility index (Phi) is 8.14. The summed E-state index contributed by atoms with van der Waals surface area (Å²) in [6.07, 6.45) is -4.67. The Labute approximate surface area is 132 Å². The highest BCUT2D eigenvalue weighted by atomic mass is 35.5. The maximum absolute atomic E-state index is 13.6. The Hall–Kier alpha value is -1.05. The summed E-state index contributed by atoms with van der Waals surface area (Å²) in [6, 6.07) is 2.06. The smallest absolute Gasteiger partial charge is 0.403 e. The van der Waals surface area contributed by atoms with Crippen LogP contribution in [0.2, 0.25) is 0 Å². The molecular formula is C14H20ClF4NO2. The van der Waals surface area contributed by atoms with Gasteiger partial charge in [0, 0.05) is 0 Å². The van der Waals surface area contributed by atoms with E-state index in [9.17, 15) is 22.7 Å². The van der Waals surface area contributed by atoms with E-state index in [-0.39, 0.29) is 18.0 Å². The van der Waals surface area contributed by atoms with Crippen LogP contribution in [-0.2, 0) is 0 Å². The molecule has 1 aromatic rings. The van der Waals surface area contributed by atoms with Crippen molar-refractivity contribution < 1.29 is 27.4 Å². The van der Waals surface area contributed by atoms with E-state index < -0.39 is 30.1 Å². The lowest BCUT2D eigenvalue weighted by Gasteiger charge is -2.20. The number of ether oxygens (including phenoxy) is 1. The van der Waals surface area contributed by atoms with Gasteiger partial charge in [-0.15, -0.1) is 25.6 Å². The van der Waals surface area contributed by atoms with Gasteiger partial charge < -0.3 is 15.6 Å². The predicted molar refractivity (Wildman–Crippen MR) is 77.3 cm³/mol. The lowest BCUT2D eigenvalue weighted by molar-refractivity contribution is -0.275. The van der Waals surface area contributed by atoms with Gasteiger partial charge in [-0.3, -0.25) is 0 Å². The fourth-order valence-electron chi connectivity index (χ4n) is 1.84. The van der Waals surface area contributed by atoms with Crippen molar-refractivity contribution in [3.8, 4) is 5.75 Å². The number of halogens is 5. The normalized spacial score (nSPS) is 14.4. The van der Waals surface area contributed by atoms with Crippen molar-refractivity contribution in [1.82, 2.24) is 0 Å². The van der Waals surface area contributed by atoms with Gasteiger partial charge in [0.15, 0.2) is 11.6 Å². The fraction of sp³-hybridized carbons (Fsp3) is 0.571. The zero-order chi connectivity index (χ0) is 16.2. The van der Waals surface area contributed by atoms with E-state index in [0.29, 0.717) is 12.3 Å². The Morgan fingerprint density at radius 2 is 1.82 bits per heavy atom. The molecule has 0 saturated heterocycles. The molecule has 8 heteroatoms. The minimum atomic E-state index is -4.96. The molecular weight excluding hydrogens is 326 g/mol. The van der Waals surface area contributed by atoms with Gasteiger partial charge in [-0.2, -0.15) is 0 Å². The highest BCUT2D eigenvalue weighted by Crippen LogP contribution is 2.28. The van der Waals surface area contributed by atoms with E-state index in [1.165, 1.54) is 6.07 Å². The quantitative estimate of drug-likeness (QED) is 0.768. The topological polar surface area (TPSA) is 55.5 Å². The van der Waals surface area contributed by atoms with E-state index >= 15 is 0 Å². The Balaban J connectivity index is 0.00000441. The van der Waals surface area contributed by atoms with E-state index in [4.69, 9.17) is 5.73 Å². The minimum absolute atomic E-state index is 0. The van der Waals surface area contributed by atoms with Crippen molar-refractivity contribution in [2.45, 2.75) is 45.2 Å². The molecule has 0 aliphatic rings. The summed E-state index contributed by atoms with van der Waals surface area (Å²) in [5, 5.41) is 9.91. The fourth-order valence-corrected chi connectivity index (χ4v) is 1.84. The number of nitrogens with two attached hydrogens (primary N) is 1. The van der Waals surface area contributed by atoms with Crippen LogP contribution in [0, 0.1) is 11.7 Å². The summed E-state index contributed by atoms with van der Waals surface area (Å²) < 4.78 is 53.2. The maximum Gasteiger partial charge on any atom is 0.573 e. The zero-order valence-corrected chi connectivity index (χ0v) is 13.0. The van der Waals surface area contributed by atoms with Crippen molar-refractivity contribution in [1.29, 1.82) is 0 Å². The Bertz CT molecular complexity index is 469. The number of benzene rings is 1. The van der Waals surface area contributed by atoms with Crippen LogP contribution in [0.4, 0.5) is 17.6 Å². The summed E-state index contributed by atoms with van der Waals surface area (Å²) in [6.45, 7) is 3.97. The summed E-state index contributed by atoms with van der Waals surface area (Å²) in [7, 11) is 0. The number of aliphatic hydroxyl groups is 1. The van der Waals surface area contributed by atoms with E-state index in [0.717, 1.165) is 18.6 Å². The number of rotatable bonds is 6.